The molecule has 0 aliphatic rings. The van der Waals surface area contributed by atoms with Crippen LogP contribution in [-0.4, -0.2) is 21.7 Å². The number of carbonyl (C=O) groups excluding carboxylic acids is 1. The molecule has 0 spiro atoms. The van der Waals surface area contributed by atoms with Crippen molar-refractivity contribution in [3.63, 3.8) is 0 Å². The van der Waals surface area contributed by atoms with Crippen molar-refractivity contribution in [1.29, 1.82) is 0 Å². The Morgan fingerprint density at radius 3 is 2.10 bits per heavy atom. The van der Waals surface area contributed by atoms with E-state index in [0.29, 0.717) is 10.7 Å². The highest BCUT2D eigenvalue weighted by Gasteiger charge is 2.25. The summed E-state index contributed by atoms with van der Waals surface area (Å²) in [5, 5.41) is 1.12. The largest absolute Gasteiger partial charge is 0.446 e. The number of rotatable bonds is 3. The van der Waals surface area contributed by atoms with Crippen LogP contribution < -0.4 is 0 Å². The molecule has 0 aliphatic carbocycles. The zero-order valence-corrected chi connectivity index (χ0v) is 9.29. The first kappa shape index (κ1) is 10.7. The monoisotopic (exact) mass is 292 g/mol. The van der Waals surface area contributed by atoms with Gasteiger partial charge in [-0.25, -0.2) is 4.79 Å². The first-order chi connectivity index (χ1) is 4.54. The van der Waals surface area contributed by atoms with E-state index in [4.69, 9.17) is 16.3 Å². The zero-order valence-electron chi connectivity index (χ0n) is 5.36. The number of hydrogen-bond donors (Lipinski definition) is 0. The van der Waals surface area contributed by atoms with Crippen LogP contribution in [0.4, 0.5) is 4.79 Å². The van der Waals surface area contributed by atoms with E-state index in [2.05, 4.69) is 31.9 Å². The van der Waals surface area contributed by atoms with Gasteiger partial charge in [-0.1, -0.05) is 31.9 Å². The maximum Gasteiger partial charge on any atom is 0.404 e. The van der Waals surface area contributed by atoms with Crippen molar-refractivity contribution in [2.45, 2.75) is 12.5 Å². The Morgan fingerprint density at radius 1 is 1.60 bits per heavy atom. The average Bonchev–Trinajstić information content (AvgIpc) is 1.87. The van der Waals surface area contributed by atoms with Gasteiger partial charge in [0.15, 0.2) is 0 Å². The summed E-state index contributed by atoms with van der Waals surface area (Å²) in [5.41, 5.74) is -1.32. The smallest absolute Gasteiger partial charge is 0.404 e. The SMILES string of the molecule is CC(CBr)(CBr)OC(=O)Cl. The van der Waals surface area contributed by atoms with Crippen molar-refractivity contribution in [3.05, 3.63) is 0 Å². The minimum atomic E-state index is -0.776. The molecule has 10 heavy (non-hydrogen) atoms. The molecule has 0 bridgehead atoms. The third-order valence-electron chi connectivity index (χ3n) is 0.892. The molecule has 0 radical (unpaired) electrons. The molecule has 2 nitrogen and oxygen atoms in total. The van der Waals surface area contributed by atoms with Crippen LogP contribution in [0.1, 0.15) is 6.92 Å². The maximum absolute atomic E-state index is 10.3. The first-order valence-corrected chi connectivity index (χ1v) is 5.16. The molecule has 0 fully saturated rings. The quantitative estimate of drug-likeness (QED) is 0.591. The van der Waals surface area contributed by atoms with E-state index < -0.39 is 11.0 Å². The van der Waals surface area contributed by atoms with Crippen molar-refractivity contribution >= 4 is 48.9 Å². The van der Waals surface area contributed by atoms with Crippen LogP contribution in [-0.2, 0) is 4.74 Å². The van der Waals surface area contributed by atoms with E-state index in [0.717, 1.165) is 0 Å². The van der Waals surface area contributed by atoms with E-state index in [1.807, 2.05) is 0 Å². The van der Waals surface area contributed by atoms with Gasteiger partial charge in [0.05, 0.1) is 0 Å². The van der Waals surface area contributed by atoms with Gasteiger partial charge >= 0.3 is 5.43 Å². The van der Waals surface area contributed by atoms with E-state index >= 15 is 0 Å². The van der Waals surface area contributed by atoms with Crippen molar-refractivity contribution in [2.75, 3.05) is 10.7 Å². The summed E-state index contributed by atoms with van der Waals surface area (Å²) in [4.78, 5) is 10.3. The molecule has 0 aromatic heterocycles. The van der Waals surface area contributed by atoms with E-state index in [9.17, 15) is 4.79 Å². The topological polar surface area (TPSA) is 26.3 Å². The molecule has 0 unspecified atom stereocenters. The number of carbonyl (C=O) groups is 1. The molecule has 0 saturated heterocycles. The molecular weight excluding hydrogens is 287 g/mol. The number of ether oxygens (including phenoxy) is 1. The van der Waals surface area contributed by atoms with Crippen molar-refractivity contribution < 1.29 is 9.53 Å². The average molecular weight is 294 g/mol. The van der Waals surface area contributed by atoms with Crippen molar-refractivity contribution in [2.24, 2.45) is 0 Å². The summed E-state index contributed by atoms with van der Waals surface area (Å²) in [5.74, 6) is 0. The lowest BCUT2D eigenvalue weighted by Crippen LogP contribution is -2.33. The number of hydrogen-bond acceptors (Lipinski definition) is 2. The summed E-state index contributed by atoms with van der Waals surface area (Å²) >= 11 is 11.4. The summed E-state index contributed by atoms with van der Waals surface area (Å²) in [6, 6.07) is 0. The molecule has 0 aromatic rings. The highest BCUT2D eigenvalue weighted by atomic mass is 79.9. The van der Waals surface area contributed by atoms with Crippen LogP contribution in [0.15, 0.2) is 0 Å². The minimum absolute atomic E-state index is 0.543. The highest BCUT2D eigenvalue weighted by molar-refractivity contribution is 9.09. The number of halogens is 3. The molecular formula is C5H7Br2ClO2. The lowest BCUT2D eigenvalue weighted by molar-refractivity contribution is 0.0815. The van der Waals surface area contributed by atoms with Gasteiger partial charge in [0.1, 0.15) is 5.60 Å². The Labute approximate surface area is 81.5 Å². The third-order valence-corrected chi connectivity index (χ3v) is 3.34. The predicted molar refractivity (Wildman–Crippen MR) is 48.3 cm³/mol. The molecule has 0 atom stereocenters. The summed E-state index contributed by atoms with van der Waals surface area (Å²) < 4.78 is 4.77. The fourth-order valence-electron chi connectivity index (χ4n) is 0.284. The van der Waals surface area contributed by atoms with Gasteiger partial charge in [0.2, 0.25) is 0 Å². The van der Waals surface area contributed by atoms with Gasteiger partial charge in [-0.15, -0.1) is 0 Å². The molecule has 5 heteroatoms. The summed E-state index contributed by atoms with van der Waals surface area (Å²) in [6.45, 7) is 1.77. The van der Waals surface area contributed by atoms with Crippen LogP contribution in [0.5, 0.6) is 0 Å². The Kier molecular flexibility index (Phi) is 4.90. The Balaban J connectivity index is 3.92. The predicted octanol–water partition coefficient (Wildman–Crippen LogP) is 2.91. The molecule has 60 valence electrons. The molecule has 0 aliphatic heterocycles. The minimum Gasteiger partial charge on any atom is -0.446 e. The Hall–Kier alpha value is 0.720. The normalized spacial score (nSPS) is 11.2. The van der Waals surface area contributed by atoms with Gasteiger partial charge in [-0.3, -0.25) is 0 Å². The molecule has 0 N–H and O–H groups in total. The molecule has 0 amide bonds. The number of alkyl halides is 2. The van der Waals surface area contributed by atoms with Crippen molar-refractivity contribution in [1.82, 2.24) is 0 Å². The Bertz CT molecular complexity index is 125. The summed E-state index contributed by atoms with van der Waals surface area (Å²) in [7, 11) is 0. The van der Waals surface area contributed by atoms with Gasteiger partial charge in [-0.2, -0.15) is 0 Å². The van der Waals surface area contributed by atoms with E-state index in [1.165, 1.54) is 0 Å². The van der Waals surface area contributed by atoms with Crippen LogP contribution in [0.3, 0.4) is 0 Å². The van der Waals surface area contributed by atoms with Gasteiger partial charge < -0.3 is 4.74 Å². The first-order valence-electron chi connectivity index (χ1n) is 2.54. The standard InChI is InChI=1S/C5H7Br2ClO2/c1-5(2-6,3-7)10-4(8)9/h2-3H2,1H3. The summed E-state index contributed by atoms with van der Waals surface area (Å²) in [6.07, 6.45) is 0. The van der Waals surface area contributed by atoms with E-state index in [1.54, 1.807) is 6.92 Å². The molecule has 0 heterocycles. The Morgan fingerprint density at radius 2 is 2.00 bits per heavy atom. The van der Waals surface area contributed by atoms with Gasteiger partial charge in [-0.05, 0) is 6.92 Å². The lowest BCUT2D eigenvalue weighted by Gasteiger charge is -2.22. The molecule has 0 rings (SSSR count). The third kappa shape index (κ3) is 3.78. The van der Waals surface area contributed by atoms with Gasteiger partial charge in [0, 0.05) is 22.3 Å². The highest BCUT2D eigenvalue weighted by Crippen LogP contribution is 2.17. The molecule has 0 saturated carbocycles. The second kappa shape index (κ2) is 4.57. The molecule has 0 aromatic carbocycles. The fraction of sp³-hybridized carbons (Fsp3) is 0.800. The second-order valence-corrected chi connectivity index (χ2v) is 3.49. The second-order valence-electron chi connectivity index (χ2n) is 2.06. The van der Waals surface area contributed by atoms with Crippen LogP contribution >= 0.6 is 43.5 Å². The van der Waals surface area contributed by atoms with Crippen LogP contribution in [0.2, 0.25) is 0 Å². The lowest BCUT2D eigenvalue weighted by atomic mass is 10.2. The van der Waals surface area contributed by atoms with E-state index in [-0.39, 0.29) is 0 Å². The van der Waals surface area contributed by atoms with Crippen LogP contribution in [0, 0.1) is 0 Å². The van der Waals surface area contributed by atoms with Crippen molar-refractivity contribution in [3.8, 4) is 0 Å². The fourth-order valence-corrected chi connectivity index (χ4v) is 1.63. The zero-order chi connectivity index (χ0) is 8.20. The van der Waals surface area contributed by atoms with Crippen LogP contribution in [0.25, 0.3) is 0 Å². The maximum atomic E-state index is 10.3. The van der Waals surface area contributed by atoms with Gasteiger partial charge in [0.25, 0.3) is 0 Å².